The van der Waals surface area contributed by atoms with Gasteiger partial charge in [0.25, 0.3) is 0 Å². The molecule has 3 atom stereocenters. The summed E-state index contributed by atoms with van der Waals surface area (Å²) >= 11 is 0. The van der Waals surface area contributed by atoms with Gasteiger partial charge in [0, 0.05) is 11.5 Å². The van der Waals surface area contributed by atoms with E-state index in [1.807, 2.05) is 0 Å². The van der Waals surface area contributed by atoms with Crippen molar-refractivity contribution in [2.24, 2.45) is 16.7 Å². The van der Waals surface area contributed by atoms with Crippen LogP contribution >= 0.6 is 0 Å². The highest BCUT2D eigenvalue weighted by Crippen LogP contribution is 2.64. The van der Waals surface area contributed by atoms with E-state index < -0.39 is 8.32 Å². The molecule has 0 amide bonds. The number of carbonyl (C=O) groups excluding carboxylic acids is 1. The third-order valence-electron chi connectivity index (χ3n) is 7.45. The molecule has 0 bridgehead atoms. The van der Waals surface area contributed by atoms with Crippen molar-refractivity contribution in [1.82, 2.24) is 0 Å². The van der Waals surface area contributed by atoms with Crippen LogP contribution in [0.3, 0.4) is 0 Å². The summed E-state index contributed by atoms with van der Waals surface area (Å²) in [5.41, 5.74) is 1.57. The fraction of sp³-hybridized carbons (Fsp3) is 0.850. The van der Waals surface area contributed by atoms with E-state index >= 15 is 0 Å². The largest absolute Gasteiger partial charge is 0.414 e. The Kier molecular flexibility index (Phi) is 4.00. The van der Waals surface area contributed by atoms with Crippen molar-refractivity contribution in [2.45, 2.75) is 90.5 Å². The molecule has 2 saturated carbocycles. The van der Waals surface area contributed by atoms with Gasteiger partial charge in [-0.05, 0) is 61.6 Å². The number of hydrogen-bond donors (Lipinski definition) is 0. The minimum Gasteiger partial charge on any atom is -0.414 e. The predicted molar refractivity (Wildman–Crippen MR) is 97.9 cm³/mol. The molecule has 0 aromatic heterocycles. The van der Waals surface area contributed by atoms with E-state index in [1.54, 1.807) is 0 Å². The molecule has 0 aromatic rings. The number of rotatable bonds is 4. The normalized spacial score (nSPS) is 36.3. The topological polar surface area (TPSA) is 26.3 Å². The summed E-state index contributed by atoms with van der Waals surface area (Å²) in [6.07, 6.45) is 10.9. The van der Waals surface area contributed by atoms with Crippen LogP contribution in [0.25, 0.3) is 0 Å². The number of aldehydes is 1. The molecular weight excluding hydrogens is 300 g/mol. The summed E-state index contributed by atoms with van der Waals surface area (Å²) in [5, 5.41) is 0.260. The zero-order chi connectivity index (χ0) is 17.1. The minimum absolute atomic E-state index is 0.0949. The monoisotopic (exact) mass is 334 g/mol. The fourth-order valence-electron chi connectivity index (χ4n) is 4.75. The molecule has 0 saturated heterocycles. The van der Waals surface area contributed by atoms with Crippen molar-refractivity contribution in [3.63, 3.8) is 0 Å². The highest BCUT2D eigenvalue weighted by atomic mass is 28.4. The van der Waals surface area contributed by atoms with Crippen LogP contribution in [0.2, 0.25) is 18.1 Å². The first kappa shape index (κ1) is 17.4. The van der Waals surface area contributed by atoms with Gasteiger partial charge in [-0.15, -0.1) is 0 Å². The van der Waals surface area contributed by atoms with Crippen LogP contribution in [0.4, 0.5) is 0 Å². The molecule has 130 valence electrons. The second-order valence-electron chi connectivity index (χ2n) is 9.96. The lowest BCUT2D eigenvalue weighted by atomic mass is 9.62. The Bertz CT molecular complexity index is 524. The van der Waals surface area contributed by atoms with Gasteiger partial charge in [-0.25, -0.2) is 0 Å². The minimum atomic E-state index is -1.74. The van der Waals surface area contributed by atoms with Gasteiger partial charge in [0.2, 0.25) is 0 Å². The van der Waals surface area contributed by atoms with E-state index in [1.165, 1.54) is 31.1 Å². The molecule has 0 aliphatic heterocycles. The second-order valence-corrected chi connectivity index (χ2v) is 14.7. The third kappa shape index (κ3) is 2.68. The Morgan fingerprint density at radius 1 is 1.26 bits per heavy atom. The van der Waals surface area contributed by atoms with Crippen molar-refractivity contribution >= 4 is 14.6 Å². The standard InChI is InChI=1S/C20H34O2Si/c1-18(2,3)23(5,6)22-16-8-7-11-19(4)15(16)9-10-17(19)20(14-21)12-13-20/h10,14-16H,7-9,11-13H2,1-6H3. The molecule has 0 N–H and O–H groups in total. The molecule has 3 aliphatic carbocycles. The van der Waals surface area contributed by atoms with Crippen LogP contribution in [0.1, 0.15) is 66.2 Å². The molecule has 2 fully saturated rings. The molecule has 2 nitrogen and oxygen atoms in total. The van der Waals surface area contributed by atoms with Gasteiger partial charge in [-0.3, -0.25) is 0 Å². The first-order valence-electron chi connectivity index (χ1n) is 9.41. The maximum Gasteiger partial charge on any atom is 0.192 e. The maximum atomic E-state index is 11.7. The first-order chi connectivity index (χ1) is 10.6. The van der Waals surface area contributed by atoms with Gasteiger partial charge < -0.3 is 9.22 Å². The van der Waals surface area contributed by atoms with Crippen molar-refractivity contribution < 1.29 is 9.22 Å². The quantitative estimate of drug-likeness (QED) is 0.386. The van der Waals surface area contributed by atoms with E-state index in [4.69, 9.17) is 4.43 Å². The van der Waals surface area contributed by atoms with Crippen LogP contribution in [0.15, 0.2) is 11.6 Å². The summed E-state index contributed by atoms with van der Waals surface area (Å²) in [4.78, 5) is 11.7. The fourth-order valence-corrected chi connectivity index (χ4v) is 6.14. The molecule has 0 radical (unpaired) electrons. The summed E-state index contributed by atoms with van der Waals surface area (Å²) < 4.78 is 6.85. The van der Waals surface area contributed by atoms with Gasteiger partial charge in [0.1, 0.15) is 6.29 Å². The molecule has 23 heavy (non-hydrogen) atoms. The SMILES string of the molecule is CC12CCCC(O[Si](C)(C)C(C)(C)C)C1CC=C2C1(C=O)CC1. The lowest BCUT2D eigenvalue weighted by Gasteiger charge is -2.49. The number of hydrogen-bond acceptors (Lipinski definition) is 2. The smallest absolute Gasteiger partial charge is 0.192 e. The zero-order valence-electron chi connectivity index (χ0n) is 15.9. The van der Waals surface area contributed by atoms with Crippen molar-refractivity contribution in [3.05, 3.63) is 11.6 Å². The lowest BCUT2D eigenvalue weighted by molar-refractivity contribution is -0.111. The Labute approximate surface area is 143 Å². The van der Waals surface area contributed by atoms with Gasteiger partial charge in [-0.1, -0.05) is 45.8 Å². The molecule has 3 aliphatic rings. The van der Waals surface area contributed by atoms with Crippen LogP contribution < -0.4 is 0 Å². The average Bonchev–Trinajstić information content (AvgIpc) is 3.13. The van der Waals surface area contributed by atoms with E-state index in [0.29, 0.717) is 12.0 Å². The van der Waals surface area contributed by atoms with Crippen molar-refractivity contribution in [1.29, 1.82) is 0 Å². The molecule has 3 heteroatoms. The van der Waals surface area contributed by atoms with E-state index in [-0.39, 0.29) is 15.9 Å². The highest BCUT2D eigenvalue weighted by molar-refractivity contribution is 6.74. The Hall–Kier alpha value is -0.413. The van der Waals surface area contributed by atoms with Gasteiger partial charge in [-0.2, -0.15) is 0 Å². The summed E-state index contributed by atoms with van der Waals surface area (Å²) in [6, 6.07) is 0. The van der Waals surface area contributed by atoms with Crippen molar-refractivity contribution in [2.75, 3.05) is 0 Å². The third-order valence-corrected chi connectivity index (χ3v) is 12.0. The Morgan fingerprint density at radius 3 is 2.43 bits per heavy atom. The number of carbonyl (C=O) groups is 1. The van der Waals surface area contributed by atoms with Crippen LogP contribution in [-0.2, 0) is 9.22 Å². The Balaban J connectivity index is 1.82. The summed E-state index contributed by atoms with van der Waals surface area (Å²) in [5.74, 6) is 0.581. The van der Waals surface area contributed by atoms with Crippen LogP contribution in [0, 0.1) is 16.7 Å². The van der Waals surface area contributed by atoms with E-state index in [0.717, 1.165) is 19.3 Å². The average molecular weight is 335 g/mol. The molecule has 3 rings (SSSR count). The number of allylic oxidation sites excluding steroid dienone is 2. The van der Waals surface area contributed by atoms with Gasteiger partial charge >= 0.3 is 0 Å². The summed E-state index contributed by atoms with van der Waals surface area (Å²) in [7, 11) is -1.74. The van der Waals surface area contributed by atoms with Gasteiger partial charge in [0.15, 0.2) is 8.32 Å². The van der Waals surface area contributed by atoms with Crippen molar-refractivity contribution in [3.8, 4) is 0 Å². The molecule has 3 unspecified atom stereocenters. The highest BCUT2D eigenvalue weighted by Gasteiger charge is 2.58. The lowest BCUT2D eigenvalue weighted by Crippen LogP contribution is -2.50. The van der Waals surface area contributed by atoms with E-state index in [9.17, 15) is 4.79 Å². The first-order valence-corrected chi connectivity index (χ1v) is 12.3. The predicted octanol–water partition coefficient (Wildman–Crippen LogP) is 5.49. The van der Waals surface area contributed by atoms with Gasteiger partial charge in [0.05, 0.1) is 0 Å². The molecule has 0 aromatic carbocycles. The van der Waals surface area contributed by atoms with Crippen LogP contribution in [-0.4, -0.2) is 20.7 Å². The molecule has 0 heterocycles. The van der Waals surface area contributed by atoms with E-state index in [2.05, 4.69) is 46.9 Å². The molecule has 0 spiro atoms. The maximum absolute atomic E-state index is 11.7. The Morgan fingerprint density at radius 2 is 1.91 bits per heavy atom. The second kappa shape index (κ2) is 5.29. The summed E-state index contributed by atoms with van der Waals surface area (Å²) in [6.45, 7) is 14.1. The molecular formula is C20H34O2Si. The van der Waals surface area contributed by atoms with Crippen LogP contribution in [0.5, 0.6) is 0 Å². The number of fused-ring (bicyclic) bond motifs is 1. The zero-order valence-corrected chi connectivity index (χ0v) is 16.9.